The standard InChI is InChI=1S/C23H30F3N5O2/c1-3-8-29-22(33)30-9-6-15(7-10-30)18-13-31(14-19(18)21(32)28-2)17-5-4-16(12-27)20(11-17)23(24,25)26/h4-5,11,15,18-19H,3,6-10,13-14H2,1-2H3,(H,28,32)(H,29,33). The lowest BCUT2D eigenvalue weighted by Crippen LogP contribution is -2.46. The number of hydrogen-bond acceptors (Lipinski definition) is 4. The van der Waals surface area contributed by atoms with E-state index in [4.69, 9.17) is 5.26 Å². The molecule has 180 valence electrons. The average molecular weight is 466 g/mol. The maximum atomic E-state index is 13.4. The molecule has 2 fully saturated rings. The van der Waals surface area contributed by atoms with Crippen LogP contribution >= 0.6 is 0 Å². The van der Waals surface area contributed by atoms with Crippen LogP contribution in [0.3, 0.4) is 0 Å². The van der Waals surface area contributed by atoms with Gasteiger partial charge >= 0.3 is 12.2 Å². The highest BCUT2D eigenvalue weighted by Gasteiger charge is 2.43. The molecule has 0 aromatic heterocycles. The smallest absolute Gasteiger partial charge is 0.370 e. The van der Waals surface area contributed by atoms with Gasteiger partial charge < -0.3 is 20.4 Å². The molecular formula is C23H30F3N5O2. The molecule has 3 rings (SSSR count). The number of carbonyl (C=O) groups is 2. The van der Waals surface area contributed by atoms with Gasteiger partial charge in [-0.25, -0.2) is 4.79 Å². The van der Waals surface area contributed by atoms with E-state index in [2.05, 4.69) is 10.6 Å². The Hall–Kier alpha value is -2.96. The predicted octanol–water partition coefficient (Wildman–Crippen LogP) is 3.21. The van der Waals surface area contributed by atoms with E-state index in [9.17, 15) is 22.8 Å². The minimum absolute atomic E-state index is 0.0317. The summed E-state index contributed by atoms with van der Waals surface area (Å²) in [5, 5.41) is 14.6. The van der Waals surface area contributed by atoms with Crippen molar-refractivity contribution >= 4 is 17.6 Å². The first kappa shape index (κ1) is 24.7. The lowest BCUT2D eigenvalue weighted by molar-refractivity contribution is -0.137. The number of carbonyl (C=O) groups excluding carboxylic acids is 2. The first-order valence-corrected chi connectivity index (χ1v) is 11.3. The Morgan fingerprint density at radius 3 is 2.48 bits per heavy atom. The third kappa shape index (κ3) is 5.52. The molecule has 0 saturated carbocycles. The lowest BCUT2D eigenvalue weighted by atomic mass is 9.78. The number of piperidine rings is 1. The fraction of sp³-hybridized carbons (Fsp3) is 0.609. The third-order valence-corrected chi connectivity index (χ3v) is 6.70. The van der Waals surface area contributed by atoms with Gasteiger partial charge in [0.1, 0.15) is 0 Å². The van der Waals surface area contributed by atoms with Crippen molar-refractivity contribution in [2.75, 3.05) is 44.7 Å². The van der Waals surface area contributed by atoms with E-state index >= 15 is 0 Å². The van der Waals surface area contributed by atoms with E-state index in [1.54, 1.807) is 22.9 Å². The number of nitriles is 1. The average Bonchev–Trinajstić information content (AvgIpc) is 3.26. The normalized spacial score (nSPS) is 21.6. The van der Waals surface area contributed by atoms with E-state index in [-0.39, 0.29) is 29.7 Å². The summed E-state index contributed by atoms with van der Waals surface area (Å²) in [7, 11) is 1.56. The van der Waals surface area contributed by atoms with Gasteiger partial charge in [0.05, 0.1) is 23.1 Å². The molecule has 7 nitrogen and oxygen atoms in total. The van der Waals surface area contributed by atoms with Crippen LogP contribution in [0.5, 0.6) is 0 Å². The van der Waals surface area contributed by atoms with Crippen LogP contribution in [0.25, 0.3) is 0 Å². The lowest BCUT2D eigenvalue weighted by Gasteiger charge is -2.36. The number of urea groups is 1. The van der Waals surface area contributed by atoms with Crippen LogP contribution in [0.1, 0.15) is 37.3 Å². The molecule has 1 aromatic rings. The van der Waals surface area contributed by atoms with Crippen molar-refractivity contribution in [3.05, 3.63) is 29.3 Å². The van der Waals surface area contributed by atoms with Gasteiger partial charge in [-0.05, 0) is 49.3 Å². The van der Waals surface area contributed by atoms with Crippen molar-refractivity contribution in [2.24, 2.45) is 17.8 Å². The number of amides is 3. The summed E-state index contributed by atoms with van der Waals surface area (Å²) >= 11 is 0. The van der Waals surface area contributed by atoms with E-state index < -0.39 is 17.3 Å². The number of nitrogens with one attached hydrogen (secondary N) is 2. The molecule has 2 atom stereocenters. The molecule has 2 unspecified atom stereocenters. The molecule has 1 aromatic carbocycles. The summed E-state index contributed by atoms with van der Waals surface area (Å²) in [5.74, 6) is -0.329. The SMILES string of the molecule is CCCNC(=O)N1CCC(C2CN(c3ccc(C#N)c(C(F)(F)F)c3)CC2C(=O)NC)CC1. The molecule has 10 heteroatoms. The van der Waals surface area contributed by atoms with Gasteiger partial charge in [-0.1, -0.05) is 6.92 Å². The summed E-state index contributed by atoms with van der Waals surface area (Å²) in [4.78, 5) is 28.4. The Kier molecular flexibility index (Phi) is 7.72. The summed E-state index contributed by atoms with van der Waals surface area (Å²) in [6.45, 7) is 4.56. The molecular weight excluding hydrogens is 435 g/mol. The molecule has 2 saturated heterocycles. The maximum Gasteiger partial charge on any atom is 0.417 e. The number of hydrogen-bond donors (Lipinski definition) is 2. The molecule has 0 spiro atoms. The molecule has 0 radical (unpaired) electrons. The summed E-state index contributed by atoms with van der Waals surface area (Å²) in [6, 6.07) is 5.22. The Bertz CT molecular complexity index is 906. The van der Waals surface area contributed by atoms with Crippen LogP contribution in [0.2, 0.25) is 0 Å². The summed E-state index contributed by atoms with van der Waals surface area (Å²) in [6.07, 6.45) is -2.29. The van der Waals surface area contributed by atoms with E-state index in [0.717, 1.165) is 25.3 Å². The van der Waals surface area contributed by atoms with Crippen LogP contribution in [0.15, 0.2) is 18.2 Å². The third-order valence-electron chi connectivity index (χ3n) is 6.70. The highest BCUT2D eigenvalue weighted by atomic mass is 19.4. The van der Waals surface area contributed by atoms with Crippen LogP contribution in [-0.2, 0) is 11.0 Å². The molecule has 33 heavy (non-hydrogen) atoms. The Labute approximate surface area is 191 Å². The molecule has 2 aliphatic rings. The Morgan fingerprint density at radius 2 is 1.91 bits per heavy atom. The van der Waals surface area contributed by atoms with Crippen molar-refractivity contribution in [3.63, 3.8) is 0 Å². The molecule has 0 bridgehead atoms. The van der Waals surface area contributed by atoms with E-state index in [1.807, 2.05) is 6.92 Å². The zero-order chi connectivity index (χ0) is 24.2. The van der Waals surface area contributed by atoms with Gasteiger partial charge in [0, 0.05) is 45.5 Å². The zero-order valence-corrected chi connectivity index (χ0v) is 18.9. The second-order valence-corrected chi connectivity index (χ2v) is 8.69. The quantitative estimate of drug-likeness (QED) is 0.699. The van der Waals surface area contributed by atoms with Crippen molar-refractivity contribution in [1.82, 2.24) is 15.5 Å². The van der Waals surface area contributed by atoms with Gasteiger partial charge in [-0.3, -0.25) is 4.79 Å². The first-order valence-electron chi connectivity index (χ1n) is 11.3. The number of halogens is 3. The number of nitrogens with zero attached hydrogens (tertiary/aromatic N) is 3. The number of anilines is 1. The van der Waals surface area contributed by atoms with Crippen LogP contribution in [-0.4, -0.2) is 56.6 Å². The van der Waals surface area contributed by atoms with Crippen molar-refractivity contribution in [3.8, 4) is 6.07 Å². The summed E-state index contributed by atoms with van der Waals surface area (Å²) < 4.78 is 40.3. The largest absolute Gasteiger partial charge is 0.417 e. The molecule has 2 N–H and O–H groups in total. The van der Waals surface area contributed by atoms with Crippen molar-refractivity contribution in [2.45, 2.75) is 32.4 Å². The predicted molar refractivity (Wildman–Crippen MR) is 117 cm³/mol. The monoisotopic (exact) mass is 465 g/mol. The van der Waals surface area contributed by atoms with Crippen molar-refractivity contribution < 1.29 is 22.8 Å². The van der Waals surface area contributed by atoms with Crippen LogP contribution in [0, 0.1) is 29.1 Å². The van der Waals surface area contributed by atoms with Crippen molar-refractivity contribution in [1.29, 1.82) is 5.26 Å². The Balaban J connectivity index is 1.76. The number of likely N-dealkylation sites (tertiary alicyclic amines) is 1. The first-order chi connectivity index (χ1) is 15.7. The van der Waals surface area contributed by atoms with Crippen LogP contribution < -0.4 is 15.5 Å². The Morgan fingerprint density at radius 1 is 1.21 bits per heavy atom. The minimum Gasteiger partial charge on any atom is -0.370 e. The topological polar surface area (TPSA) is 88.5 Å². The fourth-order valence-electron chi connectivity index (χ4n) is 4.92. The van der Waals surface area contributed by atoms with E-state index in [0.29, 0.717) is 38.4 Å². The van der Waals surface area contributed by atoms with Gasteiger partial charge in [-0.2, -0.15) is 18.4 Å². The second-order valence-electron chi connectivity index (χ2n) is 8.69. The maximum absolute atomic E-state index is 13.4. The minimum atomic E-state index is -4.63. The zero-order valence-electron chi connectivity index (χ0n) is 18.9. The number of rotatable bonds is 5. The summed E-state index contributed by atoms with van der Waals surface area (Å²) in [5.41, 5.74) is -1.03. The van der Waals surface area contributed by atoms with Gasteiger partial charge in [-0.15, -0.1) is 0 Å². The van der Waals surface area contributed by atoms with Gasteiger partial charge in [0.2, 0.25) is 5.91 Å². The highest BCUT2D eigenvalue weighted by molar-refractivity contribution is 5.80. The molecule has 0 aliphatic carbocycles. The highest BCUT2D eigenvalue weighted by Crippen LogP contribution is 2.40. The number of alkyl halides is 3. The molecule has 3 amide bonds. The molecule has 2 aliphatic heterocycles. The number of benzene rings is 1. The molecule has 2 heterocycles. The second kappa shape index (κ2) is 10.3. The fourth-order valence-corrected chi connectivity index (χ4v) is 4.92. The van der Waals surface area contributed by atoms with E-state index in [1.165, 1.54) is 12.1 Å². The van der Waals surface area contributed by atoms with Crippen LogP contribution in [0.4, 0.5) is 23.7 Å². The van der Waals surface area contributed by atoms with Gasteiger partial charge in [0.15, 0.2) is 0 Å². The van der Waals surface area contributed by atoms with Gasteiger partial charge in [0.25, 0.3) is 0 Å².